The lowest BCUT2D eigenvalue weighted by molar-refractivity contribution is 0.547. The van der Waals surface area contributed by atoms with Gasteiger partial charge >= 0.3 is 0 Å². The van der Waals surface area contributed by atoms with Crippen LogP contribution in [0.3, 0.4) is 0 Å². The normalized spacial score (nSPS) is 12.5. The Hall–Kier alpha value is -1.02. The molecule has 0 aliphatic carbocycles. The van der Waals surface area contributed by atoms with Crippen LogP contribution < -0.4 is 10.6 Å². The standard InChI is InChI=1S/C16H28N2/c1-5-13(3)12-18(6-2)16-8-7-15(9-10-17)11-14(16)4/h7-8,11,13H,5-6,9-10,12,17H2,1-4H3. The molecule has 0 radical (unpaired) electrons. The van der Waals surface area contributed by atoms with Crippen molar-refractivity contribution >= 4 is 5.69 Å². The molecule has 1 unspecified atom stereocenters. The van der Waals surface area contributed by atoms with Gasteiger partial charge in [0.15, 0.2) is 0 Å². The molecule has 0 aliphatic rings. The zero-order chi connectivity index (χ0) is 13.5. The summed E-state index contributed by atoms with van der Waals surface area (Å²) in [4.78, 5) is 2.48. The number of aryl methyl sites for hydroxylation is 1. The van der Waals surface area contributed by atoms with Crippen LogP contribution in [-0.2, 0) is 6.42 Å². The molecular formula is C16H28N2. The highest BCUT2D eigenvalue weighted by Crippen LogP contribution is 2.23. The molecule has 1 atom stereocenters. The smallest absolute Gasteiger partial charge is 0.0396 e. The zero-order valence-electron chi connectivity index (χ0n) is 12.4. The number of nitrogens with two attached hydrogens (primary N) is 1. The highest BCUT2D eigenvalue weighted by atomic mass is 15.1. The van der Waals surface area contributed by atoms with Gasteiger partial charge in [0.25, 0.3) is 0 Å². The third-order valence-electron chi connectivity index (χ3n) is 3.65. The van der Waals surface area contributed by atoms with Gasteiger partial charge in [-0.25, -0.2) is 0 Å². The summed E-state index contributed by atoms with van der Waals surface area (Å²) in [6.07, 6.45) is 2.21. The quantitative estimate of drug-likeness (QED) is 0.801. The van der Waals surface area contributed by atoms with Gasteiger partial charge in [0, 0.05) is 18.8 Å². The maximum absolute atomic E-state index is 5.61. The fraction of sp³-hybridized carbons (Fsp3) is 0.625. The Kier molecular flexibility index (Phi) is 6.20. The van der Waals surface area contributed by atoms with Gasteiger partial charge in [-0.3, -0.25) is 0 Å². The van der Waals surface area contributed by atoms with Crippen molar-refractivity contribution in [3.05, 3.63) is 29.3 Å². The van der Waals surface area contributed by atoms with E-state index in [1.54, 1.807) is 0 Å². The highest BCUT2D eigenvalue weighted by Gasteiger charge is 2.10. The molecule has 0 fully saturated rings. The largest absolute Gasteiger partial charge is 0.371 e. The number of nitrogens with zero attached hydrogens (tertiary/aromatic N) is 1. The second-order valence-electron chi connectivity index (χ2n) is 5.21. The van der Waals surface area contributed by atoms with Crippen molar-refractivity contribution in [1.29, 1.82) is 0 Å². The molecule has 0 saturated heterocycles. The lowest BCUT2D eigenvalue weighted by atomic mass is 10.0. The van der Waals surface area contributed by atoms with E-state index in [9.17, 15) is 0 Å². The molecule has 0 amide bonds. The molecule has 1 aromatic rings. The third-order valence-corrected chi connectivity index (χ3v) is 3.65. The summed E-state index contributed by atoms with van der Waals surface area (Å²) >= 11 is 0. The van der Waals surface area contributed by atoms with Crippen molar-refractivity contribution in [2.45, 2.75) is 40.5 Å². The SMILES string of the molecule is CCC(C)CN(CC)c1ccc(CCN)cc1C. The topological polar surface area (TPSA) is 29.3 Å². The fourth-order valence-electron chi connectivity index (χ4n) is 2.30. The lowest BCUT2D eigenvalue weighted by Crippen LogP contribution is -2.28. The van der Waals surface area contributed by atoms with E-state index in [2.05, 4.69) is 50.8 Å². The van der Waals surface area contributed by atoms with Gasteiger partial charge in [-0.15, -0.1) is 0 Å². The van der Waals surface area contributed by atoms with Gasteiger partial charge in [-0.1, -0.05) is 32.4 Å². The summed E-state index contributed by atoms with van der Waals surface area (Å²) in [5.41, 5.74) is 9.69. The summed E-state index contributed by atoms with van der Waals surface area (Å²) < 4.78 is 0. The number of hydrogen-bond acceptors (Lipinski definition) is 2. The average Bonchev–Trinajstić information content (AvgIpc) is 2.37. The number of hydrogen-bond donors (Lipinski definition) is 1. The van der Waals surface area contributed by atoms with Crippen molar-refractivity contribution in [2.24, 2.45) is 11.7 Å². The second-order valence-corrected chi connectivity index (χ2v) is 5.21. The molecule has 1 rings (SSSR count). The van der Waals surface area contributed by atoms with Crippen molar-refractivity contribution < 1.29 is 0 Å². The Bertz CT molecular complexity index is 360. The maximum atomic E-state index is 5.61. The van der Waals surface area contributed by atoms with Gasteiger partial charge in [0.1, 0.15) is 0 Å². The molecule has 0 heterocycles. The minimum Gasteiger partial charge on any atom is -0.371 e. The average molecular weight is 248 g/mol. The molecule has 2 nitrogen and oxygen atoms in total. The van der Waals surface area contributed by atoms with E-state index in [1.807, 2.05) is 0 Å². The molecule has 0 bridgehead atoms. The van der Waals surface area contributed by atoms with E-state index in [0.29, 0.717) is 0 Å². The van der Waals surface area contributed by atoms with E-state index in [0.717, 1.165) is 32.0 Å². The van der Waals surface area contributed by atoms with Gasteiger partial charge in [-0.2, -0.15) is 0 Å². The minimum atomic E-state index is 0.725. The molecule has 0 spiro atoms. The molecule has 2 heteroatoms. The monoisotopic (exact) mass is 248 g/mol. The molecule has 0 aliphatic heterocycles. The van der Waals surface area contributed by atoms with Crippen LogP contribution in [0.25, 0.3) is 0 Å². The summed E-state index contributed by atoms with van der Waals surface area (Å²) in [6.45, 7) is 12.0. The van der Waals surface area contributed by atoms with E-state index in [4.69, 9.17) is 5.73 Å². The molecule has 18 heavy (non-hydrogen) atoms. The van der Waals surface area contributed by atoms with Crippen LogP contribution in [0.15, 0.2) is 18.2 Å². The van der Waals surface area contributed by atoms with Crippen molar-refractivity contribution in [3.8, 4) is 0 Å². The summed E-state index contributed by atoms with van der Waals surface area (Å²) in [5.74, 6) is 0.744. The molecule has 2 N–H and O–H groups in total. The summed E-state index contributed by atoms with van der Waals surface area (Å²) in [5, 5.41) is 0. The van der Waals surface area contributed by atoms with E-state index in [-0.39, 0.29) is 0 Å². The van der Waals surface area contributed by atoms with Crippen molar-refractivity contribution in [1.82, 2.24) is 0 Å². The van der Waals surface area contributed by atoms with Gasteiger partial charge in [0.05, 0.1) is 0 Å². The molecule has 1 aromatic carbocycles. The zero-order valence-corrected chi connectivity index (χ0v) is 12.4. The van der Waals surface area contributed by atoms with Crippen LogP contribution in [0.1, 0.15) is 38.3 Å². The van der Waals surface area contributed by atoms with Crippen LogP contribution in [0.5, 0.6) is 0 Å². The lowest BCUT2D eigenvalue weighted by Gasteiger charge is -2.28. The second kappa shape index (κ2) is 7.42. The molecule has 0 aromatic heterocycles. The Morgan fingerprint density at radius 3 is 2.50 bits per heavy atom. The molecular weight excluding hydrogens is 220 g/mol. The highest BCUT2D eigenvalue weighted by molar-refractivity contribution is 5.54. The third kappa shape index (κ3) is 4.02. The van der Waals surface area contributed by atoms with Crippen molar-refractivity contribution in [2.75, 3.05) is 24.5 Å². The van der Waals surface area contributed by atoms with Crippen LogP contribution in [0, 0.1) is 12.8 Å². The number of rotatable bonds is 7. The first kappa shape index (κ1) is 15.0. The predicted octanol–water partition coefficient (Wildman–Crippen LogP) is 3.37. The fourth-order valence-corrected chi connectivity index (χ4v) is 2.30. The van der Waals surface area contributed by atoms with Crippen molar-refractivity contribution in [3.63, 3.8) is 0 Å². The van der Waals surface area contributed by atoms with Crippen LogP contribution in [-0.4, -0.2) is 19.6 Å². The number of anilines is 1. The Balaban J connectivity index is 2.85. The minimum absolute atomic E-state index is 0.725. The first-order valence-electron chi connectivity index (χ1n) is 7.16. The van der Waals surface area contributed by atoms with Crippen LogP contribution in [0.4, 0.5) is 5.69 Å². The van der Waals surface area contributed by atoms with Crippen LogP contribution >= 0.6 is 0 Å². The molecule has 0 saturated carbocycles. The van der Waals surface area contributed by atoms with Gasteiger partial charge in [0.2, 0.25) is 0 Å². The predicted molar refractivity (Wildman–Crippen MR) is 81.3 cm³/mol. The van der Waals surface area contributed by atoms with E-state index >= 15 is 0 Å². The Morgan fingerprint density at radius 1 is 1.28 bits per heavy atom. The van der Waals surface area contributed by atoms with E-state index in [1.165, 1.54) is 23.2 Å². The first-order chi connectivity index (χ1) is 8.62. The van der Waals surface area contributed by atoms with Crippen LogP contribution in [0.2, 0.25) is 0 Å². The maximum Gasteiger partial charge on any atom is 0.0396 e. The first-order valence-corrected chi connectivity index (χ1v) is 7.16. The Morgan fingerprint density at radius 2 is 2.00 bits per heavy atom. The number of benzene rings is 1. The van der Waals surface area contributed by atoms with Gasteiger partial charge < -0.3 is 10.6 Å². The Labute approximate surface area is 112 Å². The molecule has 102 valence electrons. The summed E-state index contributed by atoms with van der Waals surface area (Å²) in [7, 11) is 0. The van der Waals surface area contributed by atoms with Gasteiger partial charge in [-0.05, 0) is 49.9 Å². The van der Waals surface area contributed by atoms with E-state index < -0.39 is 0 Å². The summed E-state index contributed by atoms with van der Waals surface area (Å²) in [6, 6.07) is 6.75.